The van der Waals surface area contributed by atoms with Gasteiger partial charge in [-0.3, -0.25) is 4.68 Å². The predicted octanol–water partition coefficient (Wildman–Crippen LogP) is 1.52. The molecule has 2 aliphatic rings. The second-order valence-corrected chi connectivity index (χ2v) is 6.67. The molecule has 0 unspecified atom stereocenters. The van der Waals surface area contributed by atoms with Gasteiger partial charge in [0.25, 0.3) is 0 Å². The number of aliphatic hydroxyl groups is 2. The third-order valence-corrected chi connectivity index (χ3v) is 4.95. The third-order valence-electron chi connectivity index (χ3n) is 4.95. The molecule has 1 aliphatic carbocycles. The topological polar surface area (TPSA) is 90.6 Å². The summed E-state index contributed by atoms with van der Waals surface area (Å²) in [7, 11) is 0. The Labute approximate surface area is 136 Å². The molecule has 3 rings (SSSR count). The first-order valence-corrected chi connectivity index (χ1v) is 8.51. The number of aliphatic hydroxyl groups excluding tert-OH is 2. The summed E-state index contributed by atoms with van der Waals surface area (Å²) in [6.07, 6.45) is 6.41. The smallest absolute Gasteiger partial charge is 0.322 e. The van der Waals surface area contributed by atoms with Gasteiger partial charge in [-0.15, -0.1) is 0 Å². The van der Waals surface area contributed by atoms with Crippen LogP contribution >= 0.6 is 0 Å². The standard InChI is InChI=1S/C16H26N4O3/c1-2-7-20-14(12-4-5-12)13(9-17-20)18-15(23)19-8-3-6-16(19,10-21)11-22/h9,12,21-22H,2-8,10-11H2,1H3,(H,18,23). The van der Waals surface area contributed by atoms with Crippen LogP contribution in [0.3, 0.4) is 0 Å². The van der Waals surface area contributed by atoms with Gasteiger partial charge in [0.15, 0.2) is 0 Å². The number of aromatic nitrogens is 2. The molecule has 0 aromatic carbocycles. The largest absolute Gasteiger partial charge is 0.394 e. The van der Waals surface area contributed by atoms with Gasteiger partial charge in [0.1, 0.15) is 0 Å². The number of hydrogen-bond acceptors (Lipinski definition) is 4. The molecule has 0 atom stereocenters. The Bertz CT molecular complexity index is 564. The number of nitrogens with zero attached hydrogens (tertiary/aromatic N) is 3. The van der Waals surface area contributed by atoms with Gasteiger partial charge in [-0.05, 0) is 32.1 Å². The van der Waals surface area contributed by atoms with Crippen LogP contribution in [0.4, 0.5) is 10.5 Å². The lowest BCUT2D eigenvalue weighted by Gasteiger charge is -2.35. The zero-order chi connectivity index (χ0) is 16.4. The van der Waals surface area contributed by atoms with E-state index >= 15 is 0 Å². The minimum atomic E-state index is -0.844. The fourth-order valence-corrected chi connectivity index (χ4v) is 3.49. The molecule has 2 amide bonds. The summed E-state index contributed by atoms with van der Waals surface area (Å²) >= 11 is 0. The first-order chi connectivity index (χ1) is 11.1. The number of carbonyl (C=O) groups is 1. The van der Waals surface area contributed by atoms with Crippen molar-refractivity contribution in [1.82, 2.24) is 14.7 Å². The summed E-state index contributed by atoms with van der Waals surface area (Å²) in [4.78, 5) is 14.2. The summed E-state index contributed by atoms with van der Waals surface area (Å²) in [6.45, 7) is 3.07. The van der Waals surface area contributed by atoms with Crippen LogP contribution in [-0.4, -0.2) is 56.2 Å². The van der Waals surface area contributed by atoms with E-state index in [2.05, 4.69) is 17.3 Å². The van der Waals surface area contributed by atoms with Crippen molar-refractivity contribution >= 4 is 11.7 Å². The second kappa shape index (κ2) is 6.49. The van der Waals surface area contributed by atoms with Gasteiger partial charge in [-0.2, -0.15) is 5.10 Å². The fourth-order valence-electron chi connectivity index (χ4n) is 3.49. The van der Waals surface area contributed by atoms with E-state index in [1.807, 2.05) is 4.68 Å². The van der Waals surface area contributed by atoms with E-state index in [-0.39, 0.29) is 19.2 Å². The lowest BCUT2D eigenvalue weighted by atomic mass is 9.99. The molecule has 7 nitrogen and oxygen atoms in total. The number of urea groups is 1. The normalized spacial score (nSPS) is 20.0. The quantitative estimate of drug-likeness (QED) is 0.740. The van der Waals surface area contributed by atoms with Crippen molar-refractivity contribution in [2.24, 2.45) is 0 Å². The molecule has 128 valence electrons. The molecule has 0 radical (unpaired) electrons. The molecular weight excluding hydrogens is 296 g/mol. The third kappa shape index (κ3) is 2.95. The van der Waals surface area contributed by atoms with Crippen molar-refractivity contribution in [3.8, 4) is 0 Å². The number of nitrogens with one attached hydrogen (secondary N) is 1. The van der Waals surface area contributed by atoms with Gasteiger partial charge in [-0.1, -0.05) is 6.92 Å². The van der Waals surface area contributed by atoms with E-state index in [0.717, 1.165) is 43.6 Å². The fraction of sp³-hybridized carbons (Fsp3) is 0.750. The number of hydrogen-bond donors (Lipinski definition) is 3. The summed E-state index contributed by atoms with van der Waals surface area (Å²) in [5.41, 5.74) is 1.03. The zero-order valence-electron chi connectivity index (χ0n) is 13.7. The molecule has 1 saturated carbocycles. The molecule has 0 bridgehead atoms. The molecule has 23 heavy (non-hydrogen) atoms. The van der Waals surface area contributed by atoms with Crippen LogP contribution in [0.2, 0.25) is 0 Å². The van der Waals surface area contributed by atoms with E-state index < -0.39 is 5.54 Å². The van der Waals surface area contributed by atoms with Gasteiger partial charge < -0.3 is 20.4 Å². The number of aryl methyl sites for hydroxylation is 1. The van der Waals surface area contributed by atoms with Crippen molar-refractivity contribution in [2.45, 2.75) is 57.0 Å². The number of likely N-dealkylation sites (tertiary alicyclic amines) is 1. The molecular formula is C16H26N4O3. The van der Waals surface area contributed by atoms with Gasteiger partial charge in [-0.25, -0.2) is 4.79 Å². The second-order valence-electron chi connectivity index (χ2n) is 6.67. The van der Waals surface area contributed by atoms with Crippen LogP contribution in [0.1, 0.15) is 50.6 Å². The predicted molar refractivity (Wildman–Crippen MR) is 86.4 cm³/mol. The first kappa shape index (κ1) is 16.3. The lowest BCUT2D eigenvalue weighted by Crippen LogP contribution is -2.54. The van der Waals surface area contributed by atoms with Gasteiger partial charge in [0, 0.05) is 19.0 Å². The Morgan fingerprint density at radius 3 is 2.78 bits per heavy atom. The molecule has 1 aromatic rings. The van der Waals surface area contributed by atoms with E-state index in [1.54, 1.807) is 11.1 Å². The Hall–Kier alpha value is -1.60. The van der Waals surface area contributed by atoms with Gasteiger partial charge >= 0.3 is 6.03 Å². The molecule has 7 heteroatoms. The van der Waals surface area contributed by atoms with Crippen LogP contribution in [-0.2, 0) is 6.54 Å². The van der Waals surface area contributed by atoms with E-state index in [4.69, 9.17) is 0 Å². The average Bonchev–Trinajstić information content (AvgIpc) is 3.17. The first-order valence-electron chi connectivity index (χ1n) is 8.51. The molecule has 1 saturated heterocycles. The van der Waals surface area contributed by atoms with Gasteiger partial charge in [0.05, 0.1) is 36.3 Å². The Morgan fingerprint density at radius 1 is 1.43 bits per heavy atom. The van der Waals surface area contributed by atoms with Gasteiger partial charge in [0.2, 0.25) is 0 Å². The summed E-state index contributed by atoms with van der Waals surface area (Å²) in [5, 5.41) is 26.6. The lowest BCUT2D eigenvalue weighted by molar-refractivity contribution is 0.0393. The van der Waals surface area contributed by atoms with E-state index in [0.29, 0.717) is 18.9 Å². The monoisotopic (exact) mass is 322 g/mol. The van der Waals surface area contributed by atoms with Crippen LogP contribution in [0.5, 0.6) is 0 Å². The highest BCUT2D eigenvalue weighted by Gasteiger charge is 2.43. The maximum absolute atomic E-state index is 12.7. The van der Waals surface area contributed by atoms with Crippen LogP contribution in [0.25, 0.3) is 0 Å². The SMILES string of the molecule is CCCn1ncc(NC(=O)N2CCCC2(CO)CO)c1C1CC1. The zero-order valence-corrected chi connectivity index (χ0v) is 13.7. The van der Waals surface area contributed by atoms with E-state index in [1.165, 1.54) is 0 Å². The molecule has 2 heterocycles. The Morgan fingerprint density at radius 2 is 2.17 bits per heavy atom. The van der Waals surface area contributed by atoms with Crippen molar-refractivity contribution in [3.63, 3.8) is 0 Å². The summed E-state index contributed by atoms with van der Waals surface area (Å²) < 4.78 is 1.99. The highest BCUT2D eigenvalue weighted by atomic mass is 16.3. The minimum absolute atomic E-state index is 0.221. The maximum Gasteiger partial charge on any atom is 0.322 e. The number of anilines is 1. The Balaban J connectivity index is 1.78. The number of carbonyl (C=O) groups excluding carboxylic acids is 1. The molecule has 1 aromatic heterocycles. The number of amides is 2. The van der Waals surface area contributed by atoms with Crippen LogP contribution in [0.15, 0.2) is 6.20 Å². The summed E-state index contributed by atoms with van der Waals surface area (Å²) in [5.74, 6) is 0.485. The highest BCUT2D eigenvalue weighted by molar-refractivity contribution is 5.90. The minimum Gasteiger partial charge on any atom is -0.394 e. The molecule has 0 spiro atoms. The van der Waals surface area contributed by atoms with E-state index in [9.17, 15) is 15.0 Å². The number of rotatable bonds is 6. The Kier molecular flexibility index (Phi) is 4.59. The van der Waals surface area contributed by atoms with Crippen molar-refractivity contribution < 1.29 is 15.0 Å². The van der Waals surface area contributed by atoms with Crippen LogP contribution in [0, 0.1) is 0 Å². The van der Waals surface area contributed by atoms with Crippen molar-refractivity contribution in [2.75, 3.05) is 25.1 Å². The maximum atomic E-state index is 12.7. The van der Waals surface area contributed by atoms with Crippen LogP contribution < -0.4 is 5.32 Å². The summed E-state index contributed by atoms with van der Waals surface area (Å²) in [6, 6.07) is -0.261. The highest BCUT2D eigenvalue weighted by Crippen LogP contribution is 2.43. The molecule has 3 N–H and O–H groups in total. The molecule has 2 fully saturated rings. The van der Waals surface area contributed by atoms with Crippen molar-refractivity contribution in [1.29, 1.82) is 0 Å². The van der Waals surface area contributed by atoms with Crippen molar-refractivity contribution in [3.05, 3.63) is 11.9 Å². The average molecular weight is 322 g/mol. The molecule has 1 aliphatic heterocycles.